The average molecular weight is 377 g/mol. The monoisotopic (exact) mass is 377 g/mol. The summed E-state index contributed by atoms with van der Waals surface area (Å²) in [5.41, 5.74) is 3.55. The van der Waals surface area contributed by atoms with Gasteiger partial charge < -0.3 is 10.6 Å². The van der Waals surface area contributed by atoms with Crippen molar-refractivity contribution >= 4 is 11.6 Å². The zero-order chi connectivity index (χ0) is 19.6. The molecule has 0 saturated heterocycles. The molecule has 6 heteroatoms. The lowest BCUT2D eigenvalue weighted by molar-refractivity contribution is -0.709. The Balaban J connectivity index is 1.65. The Morgan fingerprint density at radius 3 is 2.44 bits per heavy atom. The van der Waals surface area contributed by atoms with Gasteiger partial charge in [0.25, 0.3) is 5.91 Å². The summed E-state index contributed by atoms with van der Waals surface area (Å²) in [6, 6.07) is 7.77. The summed E-state index contributed by atoms with van der Waals surface area (Å²) in [6.45, 7) is 3.70. The van der Waals surface area contributed by atoms with Crippen molar-refractivity contribution in [1.82, 2.24) is 0 Å². The molecule has 3 nitrogen and oxygen atoms in total. The van der Waals surface area contributed by atoms with Gasteiger partial charge in [0.1, 0.15) is 6.04 Å². The Labute approximate surface area is 157 Å². The number of carbonyl (C=O) groups excluding carboxylic acids is 1. The predicted octanol–water partition coefficient (Wildman–Crippen LogP) is 3.63. The van der Waals surface area contributed by atoms with Crippen molar-refractivity contribution < 1.29 is 23.3 Å². The molecule has 0 aliphatic heterocycles. The van der Waals surface area contributed by atoms with Gasteiger partial charge in [-0.1, -0.05) is 12.1 Å². The molecule has 1 amide bonds. The molecule has 3 rings (SSSR count). The van der Waals surface area contributed by atoms with Crippen LogP contribution in [0.15, 0.2) is 30.3 Å². The van der Waals surface area contributed by atoms with Crippen LogP contribution in [0.3, 0.4) is 0 Å². The molecule has 1 aliphatic carbocycles. The topological polar surface area (TPSA) is 45.7 Å². The second-order valence-electron chi connectivity index (χ2n) is 7.22. The largest absolute Gasteiger partial charge is 0.330 e. The van der Waals surface area contributed by atoms with Crippen molar-refractivity contribution in [2.45, 2.75) is 51.6 Å². The highest BCUT2D eigenvalue weighted by Crippen LogP contribution is 2.24. The normalized spacial score (nSPS) is 15.7. The van der Waals surface area contributed by atoms with Gasteiger partial charge in [0.2, 0.25) is 0 Å². The van der Waals surface area contributed by atoms with Gasteiger partial charge in [-0.05, 0) is 68.9 Å². The summed E-state index contributed by atoms with van der Waals surface area (Å²) in [7, 11) is 0. The van der Waals surface area contributed by atoms with Crippen molar-refractivity contribution in [3.63, 3.8) is 0 Å². The number of fused-ring (bicyclic) bond motifs is 1. The van der Waals surface area contributed by atoms with Gasteiger partial charge in [0.15, 0.2) is 23.5 Å². The number of quaternary nitrogens is 1. The number of hydrogen-bond donors (Lipinski definition) is 2. The van der Waals surface area contributed by atoms with E-state index in [1.54, 1.807) is 6.92 Å². The number of nitrogens with one attached hydrogen (secondary N) is 1. The minimum atomic E-state index is -1.59. The van der Waals surface area contributed by atoms with E-state index in [4.69, 9.17) is 0 Å². The first-order valence-corrected chi connectivity index (χ1v) is 9.28. The SMILES string of the molecule is C[C@H]([NH2+][C@H](C)C(=O)Nc1ccc(F)c(F)c1F)c1ccc2c(c1)CCCC2. The number of anilines is 1. The van der Waals surface area contributed by atoms with E-state index in [9.17, 15) is 18.0 Å². The quantitative estimate of drug-likeness (QED) is 0.768. The molecule has 0 heterocycles. The van der Waals surface area contributed by atoms with Crippen LogP contribution < -0.4 is 10.6 Å². The Morgan fingerprint density at radius 1 is 1.00 bits per heavy atom. The first-order valence-electron chi connectivity index (χ1n) is 9.28. The molecule has 3 N–H and O–H groups in total. The van der Waals surface area contributed by atoms with E-state index in [-0.39, 0.29) is 11.7 Å². The summed E-state index contributed by atoms with van der Waals surface area (Å²) >= 11 is 0. The number of halogens is 3. The molecular formula is C21H24F3N2O+. The van der Waals surface area contributed by atoms with Gasteiger partial charge in [-0.3, -0.25) is 4.79 Å². The summed E-state index contributed by atoms with van der Waals surface area (Å²) in [5.74, 6) is -4.74. The third kappa shape index (κ3) is 4.33. The third-order valence-corrected chi connectivity index (χ3v) is 5.18. The number of aryl methyl sites for hydroxylation is 2. The maximum atomic E-state index is 13.7. The molecule has 27 heavy (non-hydrogen) atoms. The fraction of sp³-hybridized carbons (Fsp3) is 0.381. The van der Waals surface area contributed by atoms with E-state index < -0.39 is 29.4 Å². The minimum absolute atomic E-state index is 0.0350. The first kappa shape index (κ1) is 19.4. The lowest BCUT2D eigenvalue weighted by atomic mass is 9.89. The summed E-state index contributed by atoms with van der Waals surface area (Å²) < 4.78 is 40.0. The van der Waals surface area contributed by atoms with Crippen molar-refractivity contribution in [3.05, 3.63) is 64.5 Å². The number of benzene rings is 2. The number of rotatable bonds is 5. The van der Waals surface area contributed by atoms with Crippen LogP contribution in [-0.2, 0) is 17.6 Å². The van der Waals surface area contributed by atoms with Gasteiger partial charge in [0, 0.05) is 5.56 Å². The average Bonchev–Trinajstić information content (AvgIpc) is 2.67. The third-order valence-electron chi connectivity index (χ3n) is 5.18. The summed E-state index contributed by atoms with van der Waals surface area (Å²) in [5, 5.41) is 4.21. The van der Waals surface area contributed by atoms with Gasteiger partial charge in [-0.15, -0.1) is 0 Å². The van der Waals surface area contributed by atoms with E-state index in [0.29, 0.717) is 0 Å². The molecule has 0 spiro atoms. The van der Waals surface area contributed by atoms with Gasteiger partial charge >= 0.3 is 0 Å². The molecule has 0 fully saturated rings. The van der Waals surface area contributed by atoms with E-state index >= 15 is 0 Å². The van der Waals surface area contributed by atoms with Crippen LogP contribution in [0.1, 0.15) is 49.4 Å². The van der Waals surface area contributed by atoms with Crippen molar-refractivity contribution in [2.24, 2.45) is 0 Å². The second kappa shape index (κ2) is 8.13. The maximum Gasteiger partial charge on any atom is 0.282 e. The molecule has 0 aromatic heterocycles. The number of amides is 1. The van der Waals surface area contributed by atoms with E-state index in [1.807, 2.05) is 12.2 Å². The Morgan fingerprint density at radius 2 is 1.70 bits per heavy atom. The van der Waals surface area contributed by atoms with E-state index in [0.717, 1.165) is 30.5 Å². The molecular weight excluding hydrogens is 353 g/mol. The zero-order valence-electron chi connectivity index (χ0n) is 15.5. The van der Waals surface area contributed by atoms with Crippen LogP contribution in [0.2, 0.25) is 0 Å². The second-order valence-corrected chi connectivity index (χ2v) is 7.22. The molecule has 0 bridgehead atoms. The molecule has 0 unspecified atom stereocenters. The molecule has 0 saturated carbocycles. The van der Waals surface area contributed by atoms with Gasteiger partial charge in [-0.25, -0.2) is 13.2 Å². The summed E-state index contributed by atoms with van der Waals surface area (Å²) in [6.07, 6.45) is 4.63. The maximum absolute atomic E-state index is 13.7. The molecule has 2 aromatic rings. The highest BCUT2D eigenvalue weighted by molar-refractivity contribution is 5.93. The molecule has 2 atom stereocenters. The van der Waals surface area contributed by atoms with Crippen molar-refractivity contribution in [2.75, 3.05) is 5.32 Å². The van der Waals surface area contributed by atoms with E-state index in [1.165, 1.54) is 24.0 Å². The van der Waals surface area contributed by atoms with Crippen LogP contribution in [0, 0.1) is 17.5 Å². The Bertz CT molecular complexity index is 854. The Kier molecular flexibility index (Phi) is 5.85. The highest BCUT2D eigenvalue weighted by Gasteiger charge is 2.23. The lowest BCUT2D eigenvalue weighted by Gasteiger charge is -2.20. The van der Waals surface area contributed by atoms with Gasteiger partial charge in [0.05, 0.1) is 5.69 Å². The van der Waals surface area contributed by atoms with Crippen molar-refractivity contribution in [3.8, 4) is 0 Å². The number of carbonyl (C=O) groups is 1. The molecule has 0 radical (unpaired) electrons. The lowest BCUT2D eigenvalue weighted by Crippen LogP contribution is -2.91. The fourth-order valence-electron chi connectivity index (χ4n) is 3.54. The zero-order valence-corrected chi connectivity index (χ0v) is 15.5. The van der Waals surface area contributed by atoms with Crippen LogP contribution in [-0.4, -0.2) is 11.9 Å². The van der Waals surface area contributed by atoms with Crippen LogP contribution in [0.5, 0.6) is 0 Å². The standard InChI is InChI=1S/C21H23F3N2O/c1-12(15-8-7-14-5-3-4-6-16(14)11-15)25-13(2)21(27)26-18-10-9-17(22)19(23)20(18)24/h7-13,25H,3-6H2,1-2H3,(H,26,27)/p+1/t12-,13+/m0/s1. The van der Waals surface area contributed by atoms with Crippen LogP contribution >= 0.6 is 0 Å². The summed E-state index contributed by atoms with van der Waals surface area (Å²) in [4.78, 5) is 12.3. The highest BCUT2D eigenvalue weighted by atomic mass is 19.2. The Hall–Kier alpha value is -2.34. The van der Waals surface area contributed by atoms with Crippen LogP contribution in [0.25, 0.3) is 0 Å². The molecule has 144 valence electrons. The number of hydrogen-bond acceptors (Lipinski definition) is 1. The smallest absolute Gasteiger partial charge is 0.282 e. The minimum Gasteiger partial charge on any atom is -0.330 e. The van der Waals surface area contributed by atoms with E-state index in [2.05, 4.69) is 23.5 Å². The first-order chi connectivity index (χ1) is 12.9. The number of nitrogens with two attached hydrogens (primary N) is 1. The van der Waals surface area contributed by atoms with Gasteiger partial charge in [-0.2, -0.15) is 0 Å². The predicted molar refractivity (Wildman–Crippen MR) is 97.8 cm³/mol. The van der Waals surface area contributed by atoms with Crippen LogP contribution in [0.4, 0.5) is 18.9 Å². The molecule has 2 aromatic carbocycles. The fourth-order valence-corrected chi connectivity index (χ4v) is 3.54. The molecule has 1 aliphatic rings. The van der Waals surface area contributed by atoms with Crippen molar-refractivity contribution in [1.29, 1.82) is 0 Å².